The molecule has 0 bridgehead atoms. The van der Waals surface area contributed by atoms with Crippen LogP contribution in [0.1, 0.15) is 26.2 Å². The first-order chi connectivity index (χ1) is 5.48. The topological polar surface area (TPSA) is 9.23 Å². The summed E-state index contributed by atoms with van der Waals surface area (Å²) in [6.45, 7) is 1.73. The van der Waals surface area contributed by atoms with Crippen molar-refractivity contribution in [2.24, 2.45) is 0 Å². The molecule has 74 valence electrons. The highest BCUT2D eigenvalue weighted by atomic mass is 19.4. The van der Waals surface area contributed by atoms with E-state index < -0.39 is 12.5 Å². The molecule has 0 aromatic heterocycles. The van der Waals surface area contributed by atoms with E-state index in [0.717, 1.165) is 12.8 Å². The van der Waals surface area contributed by atoms with E-state index in [4.69, 9.17) is 0 Å². The van der Waals surface area contributed by atoms with Gasteiger partial charge in [-0.3, -0.25) is 0 Å². The molecule has 0 aromatic rings. The largest absolute Gasteiger partial charge is 0.445 e. The summed E-state index contributed by atoms with van der Waals surface area (Å²) in [6.07, 6.45) is -5.93. The third kappa shape index (κ3) is 5.35. The number of hydrogen-bond acceptors (Lipinski definition) is 1. The lowest BCUT2D eigenvalue weighted by Gasteiger charge is -2.12. The summed E-state index contributed by atoms with van der Waals surface area (Å²) in [5, 5.41) is 0. The van der Waals surface area contributed by atoms with Gasteiger partial charge in [-0.15, -0.1) is 0 Å². The average Bonchev–Trinajstić information content (AvgIpc) is 1.96. The Morgan fingerprint density at radius 3 is 2.25 bits per heavy atom. The molecule has 0 aromatic carbocycles. The van der Waals surface area contributed by atoms with Crippen molar-refractivity contribution >= 4 is 0 Å². The van der Waals surface area contributed by atoms with Gasteiger partial charge in [-0.25, -0.2) is 4.39 Å². The van der Waals surface area contributed by atoms with Crippen LogP contribution in [-0.4, -0.2) is 19.1 Å². The quantitative estimate of drug-likeness (QED) is 0.476. The fraction of sp³-hybridized carbons (Fsp3) is 1.00. The van der Waals surface area contributed by atoms with Crippen LogP contribution in [0.5, 0.6) is 0 Å². The maximum absolute atomic E-state index is 12.0. The number of rotatable bonds is 5. The van der Waals surface area contributed by atoms with E-state index >= 15 is 0 Å². The highest BCUT2D eigenvalue weighted by molar-refractivity contribution is 4.53. The molecule has 1 nitrogen and oxygen atoms in total. The van der Waals surface area contributed by atoms with Crippen LogP contribution in [0.2, 0.25) is 0 Å². The first-order valence-corrected chi connectivity index (χ1v) is 3.81. The molecule has 0 N–H and O–H groups in total. The Morgan fingerprint density at radius 2 is 1.83 bits per heavy atom. The molecule has 0 aliphatic carbocycles. The summed E-state index contributed by atoms with van der Waals surface area (Å²) in [4.78, 5) is 0. The van der Waals surface area contributed by atoms with Gasteiger partial charge in [-0.1, -0.05) is 19.8 Å². The fourth-order valence-corrected chi connectivity index (χ4v) is 0.633. The third-order valence-electron chi connectivity index (χ3n) is 1.27. The molecular formula is C7H12F4O. The highest BCUT2D eigenvalue weighted by Gasteiger charge is 2.41. The second-order valence-electron chi connectivity index (χ2n) is 2.44. The predicted molar refractivity (Wildman–Crippen MR) is 36.4 cm³/mol. The maximum Gasteiger partial charge on any atom is 0.445 e. The Hall–Kier alpha value is -0.320. The van der Waals surface area contributed by atoms with Gasteiger partial charge in [0.2, 0.25) is 0 Å². The van der Waals surface area contributed by atoms with Gasteiger partial charge in [0, 0.05) is 0 Å². The molecular weight excluding hydrogens is 176 g/mol. The van der Waals surface area contributed by atoms with E-state index in [1.165, 1.54) is 0 Å². The lowest BCUT2D eigenvalue weighted by molar-refractivity contribution is -0.264. The maximum atomic E-state index is 12.0. The molecule has 0 saturated carbocycles. The van der Waals surface area contributed by atoms with Gasteiger partial charge in [-0.05, 0) is 6.42 Å². The number of ether oxygens (including phenoxy) is 1. The first-order valence-electron chi connectivity index (χ1n) is 3.81. The molecule has 0 fully saturated rings. The second kappa shape index (κ2) is 5.35. The highest BCUT2D eigenvalue weighted by Crippen LogP contribution is 2.23. The van der Waals surface area contributed by atoms with Crippen molar-refractivity contribution in [1.82, 2.24) is 0 Å². The van der Waals surface area contributed by atoms with Gasteiger partial charge in [-0.2, -0.15) is 13.2 Å². The third-order valence-corrected chi connectivity index (χ3v) is 1.27. The number of unbranched alkanes of at least 4 members (excludes halogenated alkanes) is 2. The minimum atomic E-state index is -4.88. The fourth-order valence-electron chi connectivity index (χ4n) is 0.633. The number of halogens is 4. The monoisotopic (exact) mass is 188 g/mol. The van der Waals surface area contributed by atoms with Crippen LogP contribution in [0.25, 0.3) is 0 Å². The van der Waals surface area contributed by atoms with Crippen LogP contribution in [0.3, 0.4) is 0 Å². The van der Waals surface area contributed by atoms with Gasteiger partial charge in [0.25, 0.3) is 6.36 Å². The summed E-state index contributed by atoms with van der Waals surface area (Å²) in [7, 11) is 0. The Labute approximate surface area is 68.7 Å². The van der Waals surface area contributed by atoms with E-state index in [2.05, 4.69) is 4.74 Å². The molecule has 0 rings (SSSR count). The molecule has 1 unspecified atom stereocenters. The SMILES string of the molecule is CCCCCOC(F)C(F)(F)F. The Balaban J connectivity index is 3.38. The first kappa shape index (κ1) is 11.7. The lowest BCUT2D eigenvalue weighted by Crippen LogP contribution is -2.27. The molecule has 1 atom stereocenters. The van der Waals surface area contributed by atoms with Crippen molar-refractivity contribution in [1.29, 1.82) is 0 Å². The van der Waals surface area contributed by atoms with Crippen LogP contribution >= 0.6 is 0 Å². The summed E-state index contributed by atoms with van der Waals surface area (Å²) >= 11 is 0. The summed E-state index contributed by atoms with van der Waals surface area (Å²) < 4.78 is 50.3. The van der Waals surface area contributed by atoms with Crippen LogP contribution in [0.4, 0.5) is 17.6 Å². The molecule has 0 aliphatic rings. The van der Waals surface area contributed by atoms with Gasteiger partial charge in [0.1, 0.15) is 0 Å². The van der Waals surface area contributed by atoms with Crippen molar-refractivity contribution in [3.05, 3.63) is 0 Å². The van der Waals surface area contributed by atoms with Crippen molar-refractivity contribution in [3.8, 4) is 0 Å². The smallest absolute Gasteiger partial charge is 0.341 e. The zero-order chi connectivity index (χ0) is 9.61. The van der Waals surface area contributed by atoms with Gasteiger partial charge in [0.15, 0.2) is 0 Å². The van der Waals surface area contributed by atoms with Crippen molar-refractivity contribution < 1.29 is 22.3 Å². The normalized spacial score (nSPS) is 14.8. The van der Waals surface area contributed by atoms with E-state index in [-0.39, 0.29) is 6.61 Å². The molecule has 0 saturated heterocycles. The zero-order valence-corrected chi connectivity index (χ0v) is 6.83. The van der Waals surface area contributed by atoms with Crippen LogP contribution in [0.15, 0.2) is 0 Å². The number of hydrogen-bond donors (Lipinski definition) is 0. The molecule has 0 aliphatic heterocycles. The van der Waals surface area contributed by atoms with Crippen LogP contribution in [0, 0.1) is 0 Å². The average molecular weight is 188 g/mol. The Morgan fingerprint density at radius 1 is 1.25 bits per heavy atom. The van der Waals surface area contributed by atoms with Crippen LogP contribution < -0.4 is 0 Å². The van der Waals surface area contributed by atoms with Crippen molar-refractivity contribution in [3.63, 3.8) is 0 Å². The molecule has 0 amide bonds. The van der Waals surface area contributed by atoms with Gasteiger partial charge in [0.05, 0.1) is 6.61 Å². The standard InChI is InChI=1S/C7H12F4O/c1-2-3-4-5-12-6(8)7(9,10)11/h6H,2-5H2,1H3. The summed E-state index contributed by atoms with van der Waals surface area (Å²) in [5.74, 6) is 0. The minimum absolute atomic E-state index is 0.172. The van der Waals surface area contributed by atoms with E-state index in [0.29, 0.717) is 6.42 Å². The molecule has 5 heteroatoms. The summed E-state index contributed by atoms with van der Waals surface area (Å²) in [6, 6.07) is 0. The number of alkyl halides is 4. The minimum Gasteiger partial charge on any atom is -0.341 e. The molecule has 0 radical (unpaired) electrons. The Kier molecular flexibility index (Phi) is 5.20. The predicted octanol–water partition coefficient (Wildman–Crippen LogP) is 3.05. The lowest BCUT2D eigenvalue weighted by atomic mass is 10.3. The van der Waals surface area contributed by atoms with Crippen LogP contribution in [-0.2, 0) is 4.74 Å². The molecule has 12 heavy (non-hydrogen) atoms. The van der Waals surface area contributed by atoms with Gasteiger partial charge >= 0.3 is 6.18 Å². The van der Waals surface area contributed by atoms with E-state index in [1.54, 1.807) is 0 Å². The van der Waals surface area contributed by atoms with E-state index in [1.807, 2.05) is 6.92 Å². The summed E-state index contributed by atoms with van der Waals surface area (Å²) in [5.41, 5.74) is 0. The molecule has 0 spiro atoms. The van der Waals surface area contributed by atoms with E-state index in [9.17, 15) is 17.6 Å². The Bertz CT molecular complexity index is 112. The second-order valence-corrected chi connectivity index (χ2v) is 2.44. The van der Waals surface area contributed by atoms with Crippen molar-refractivity contribution in [2.45, 2.75) is 38.7 Å². The van der Waals surface area contributed by atoms with Gasteiger partial charge < -0.3 is 4.74 Å². The molecule has 0 heterocycles. The van der Waals surface area contributed by atoms with Crippen molar-refractivity contribution in [2.75, 3.05) is 6.61 Å². The zero-order valence-electron chi connectivity index (χ0n) is 6.83.